The third-order valence-corrected chi connectivity index (χ3v) is 13.8. The van der Waals surface area contributed by atoms with Crippen molar-refractivity contribution in [3.63, 3.8) is 0 Å². The molecule has 3 nitrogen and oxygen atoms in total. The van der Waals surface area contributed by atoms with Crippen LogP contribution < -0.4 is 0 Å². The Morgan fingerprint density at radius 3 is 2.07 bits per heavy atom. The fourth-order valence-electron chi connectivity index (χ4n) is 0.971. The van der Waals surface area contributed by atoms with Crippen LogP contribution in [0.5, 0.6) is 0 Å². The quantitative estimate of drug-likeness (QED) is 0.372. The minimum atomic E-state index is -2.79. The van der Waals surface area contributed by atoms with Crippen molar-refractivity contribution in [3.8, 4) is 0 Å². The summed E-state index contributed by atoms with van der Waals surface area (Å²) >= 11 is 23.8. The summed E-state index contributed by atoms with van der Waals surface area (Å²) in [5, 5.41) is 0. The van der Waals surface area contributed by atoms with Crippen LogP contribution in [-0.4, -0.2) is 6.16 Å². The highest BCUT2D eigenvalue weighted by atomic mass is 35.9. The molecule has 1 aliphatic heterocycles. The maximum Gasteiger partial charge on any atom is 0.255 e. The van der Waals surface area contributed by atoms with Crippen molar-refractivity contribution in [2.45, 2.75) is 6.92 Å². The third kappa shape index (κ3) is 3.95. The maximum atomic E-state index is 5.96. The summed E-state index contributed by atoms with van der Waals surface area (Å²) in [6, 6.07) is 0. The molecule has 0 saturated carbocycles. The first-order valence-electron chi connectivity index (χ1n) is 3.80. The predicted molar refractivity (Wildman–Crippen MR) is 75.7 cm³/mol. The lowest BCUT2D eigenvalue weighted by atomic mass is 11.0. The second kappa shape index (κ2) is 4.93. The summed E-state index contributed by atoms with van der Waals surface area (Å²) in [6.07, 6.45) is 0.646. The van der Waals surface area contributed by atoms with E-state index in [4.69, 9.17) is 45.0 Å². The molecule has 0 bridgehead atoms. The molecular formula is C5H8Cl4N3P3. The minimum absolute atomic E-state index is 0.646. The molecule has 1 atom stereocenters. The van der Waals surface area contributed by atoms with Crippen LogP contribution in [0.3, 0.4) is 0 Å². The van der Waals surface area contributed by atoms with Gasteiger partial charge in [-0.25, -0.2) is 9.03 Å². The Kier molecular flexibility index (Phi) is 4.74. The Balaban J connectivity index is 3.60. The van der Waals surface area contributed by atoms with Gasteiger partial charge in [-0.2, -0.15) is 4.52 Å². The predicted octanol–water partition coefficient (Wildman–Crippen LogP) is 7.28. The van der Waals surface area contributed by atoms with Crippen molar-refractivity contribution in [1.29, 1.82) is 0 Å². The van der Waals surface area contributed by atoms with Gasteiger partial charge in [-0.15, -0.1) is 5.73 Å². The van der Waals surface area contributed by atoms with Crippen LogP contribution in [0.4, 0.5) is 0 Å². The normalized spacial score (nSPS) is 31.5. The van der Waals surface area contributed by atoms with Crippen LogP contribution in [0.15, 0.2) is 31.7 Å². The van der Waals surface area contributed by atoms with E-state index in [0.717, 1.165) is 0 Å². The van der Waals surface area contributed by atoms with Gasteiger partial charge in [0.1, 0.15) is 7.21 Å². The first-order valence-corrected chi connectivity index (χ1v) is 12.8. The molecule has 0 fully saturated rings. The number of rotatable bonds is 2. The smallest absolute Gasteiger partial charge is 0.209 e. The highest BCUT2D eigenvalue weighted by Gasteiger charge is 2.30. The summed E-state index contributed by atoms with van der Waals surface area (Å²) in [7, 11) is -2.19. The van der Waals surface area contributed by atoms with Crippen LogP contribution in [0.25, 0.3) is 0 Å². The van der Waals surface area contributed by atoms with Crippen LogP contribution in [-0.2, 0) is 0 Å². The van der Waals surface area contributed by atoms with Crippen LogP contribution in [0.2, 0.25) is 0 Å². The molecular weight excluding hydrogens is 337 g/mol. The zero-order valence-corrected chi connectivity index (χ0v) is 13.4. The molecule has 1 rings (SSSR count). The third-order valence-electron chi connectivity index (χ3n) is 1.50. The van der Waals surface area contributed by atoms with E-state index in [1.807, 2.05) is 6.92 Å². The Labute approximate surface area is 108 Å². The highest BCUT2D eigenvalue weighted by Crippen LogP contribution is 2.85. The molecule has 1 aliphatic rings. The van der Waals surface area contributed by atoms with Gasteiger partial charge in [-0.3, -0.25) is 0 Å². The summed E-state index contributed by atoms with van der Waals surface area (Å²) in [6.45, 7) is 5.41. The fourth-order valence-corrected chi connectivity index (χ4v) is 17.3. The zero-order chi connectivity index (χ0) is 11.7. The van der Waals surface area contributed by atoms with Crippen LogP contribution in [0.1, 0.15) is 6.92 Å². The minimum Gasteiger partial charge on any atom is -0.209 e. The lowest BCUT2D eigenvalue weighted by molar-refractivity contribution is 1.46. The van der Waals surface area contributed by atoms with E-state index in [1.54, 1.807) is 5.82 Å². The summed E-state index contributed by atoms with van der Waals surface area (Å²) in [4.78, 5) is 0. The molecule has 0 aromatic carbocycles. The molecule has 1 heterocycles. The van der Waals surface area contributed by atoms with E-state index in [2.05, 4.69) is 25.9 Å². The van der Waals surface area contributed by atoms with Crippen molar-refractivity contribution in [2.24, 2.45) is 13.5 Å². The van der Waals surface area contributed by atoms with Gasteiger partial charge < -0.3 is 0 Å². The average molecular weight is 345 g/mol. The second-order valence-electron chi connectivity index (χ2n) is 2.61. The molecule has 0 amide bonds. The number of hydrogen-bond acceptors (Lipinski definition) is 3. The van der Waals surface area contributed by atoms with E-state index in [0.29, 0.717) is 6.16 Å². The van der Waals surface area contributed by atoms with Gasteiger partial charge in [0.2, 0.25) is 0 Å². The Hall–Kier alpha value is 1.37. The molecule has 15 heavy (non-hydrogen) atoms. The summed E-state index contributed by atoms with van der Waals surface area (Å²) in [5.41, 5.74) is 2.65. The molecule has 0 N–H and O–H groups in total. The Morgan fingerprint density at radius 1 is 1.13 bits per heavy atom. The molecule has 0 aromatic rings. The van der Waals surface area contributed by atoms with E-state index >= 15 is 0 Å². The zero-order valence-electron chi connectivity index (χ0n) is 7.69. The number of nitrogens with zero attached hydrogens (tertiary/aromatic N) is 3. The first kappa shape index (κ1) is 14.4. The van der Waals surface area contributed by atoms with Gasteiger partial charge in [-0.1, -0.05) is 13.5 Å². The van der Waals surface area contributed by atoms with Crippen LogP contribution >= 0.6 is 64.0 Å². The van der Waals surface area contributed by atoms with Gasteiger partial charge >= 0.3 is 0 Å². The van der Waals surface area contributed by atoms with Crippen molar-refractivity contribution in [2.75, 3.05) is 6.16 Å². The van der Waals surface area contributed by atoms with Crippen molar-refractivity contribution < 1.29 is 0 Å². The van der Waals surface area contributed by atoms with E-state index in [-0.39, 0.29) is 0 Å². The highest BCUT2D eigenvalue weighted by molar-refractivity contribution is 8.21. The maximum absolute atomic E-state index is 5.96. The average Bonchev–Trinajstić information content (AvgIpc) is 1.98. The SMILES string of the molecule is C=C=CP1(CC)=NP(Cl)(Cl)=NP(Cl)(Cl)=N1. The topological polar surface area (TPSA) is 37.1 Å². The Bertz CT molecular complexity index is 470. The molecule has 1 unspecified atom stereocenters. The lowest BCUT2D eigenvalue weighted by Crippen LogP contribution is -1.79. The van der Waals surface area contributed by atoms with Gasteiger partial charge in [0, 0.05) is 12.0 Å². The van der Waals surface area contributed by atoms with E-state index < -0.39 is 19.0 Å². The largest absolute Gasteiger partial charge is 0.255 e. The standard InChI is InChI=1S/C5H8Cl4N3P3/c1-3-5-13(4-2)10-14(6,7)12-15(8,9)11-13/h5H,1,4H2,2H3. The molecule has 10 heteroatoms. The molecule has 0 aromatic heterocycles. The Morgan fingerprint density at radius 2 is 1.67 bits per heavy atom. The lowest BCUT2D eigenvalue weighted by Gasteiger charge is -2.22. The first-order chi connectivity index (χ1) is 6.74. The summed E-state index contributed by atoms with van der Waals surface area (Å²) in [5.74, 6) is -3.91. The van der Waals surface area contributed by atoms with Crippen molar-refractivity contribution in [1.82, 2.24) is 0 Å². The van der Waals surface area contributed by atoms with Gasteiger partial charge in [0.15, 0.2) is 0 Å². The van der Waals surface area contributed by atoms with Crippen molar-refractivity contribution >= 4 is 64.0 Å². The number of hydrogen-bond donors (Lipinski definition) is 0. The van der Waals surface area contributed by atoms with E-state index in [9.17, 15) is 0 Å². The molecule has 86 valence electrons. The monoisotopic (exact) mass is 343 g/mol. The molecule has 0 saturated heterocycles. The van der Waals surface area contributed by atoms with Gasteiger partial charge in [0.05, 0.1) is 0 Å². The van der Waals surface area contributed by atoms with Crippen molar-refractivity contribution in [3.05, 3.63) is 18.1 Å². The van der Waals surface area contributed by atoms with E-state index in [1.165, 1.54) is 0 Å². The van der Waals surface area contributed by atoms with Gasteiger partial charge in [-0.05, 0) is 45.0 Å². The summed E-state index contributed by atoms with van der Waals surface area (Å²) < 4.78 is 12.4. The van der Waals surface area contributed by atoms with Gasteiger partial charge in [0.25, 0.3) is 11.8 Å². The molecule has 0 radical (unpaired) electrons. The second-order valence-corrected chi connectivity index (χ2v) is 15.7. The molecule has 0 aliphatic carbocycles. The molecule has 0 spiro atoms. The number of halogens is 4. The fraction of sp³-hybridized carbons (Fsp3) is 0.400. The van der Waals surface area contributed by atoms with Crippen LogP contribution in [0, 0.1) is 0 Å².